The number of nitrogens with one attached hydrogen (secondary N) is 2. The number of hydrazine groups is 1. The topological polar surface area (TPSA) is 118 Å². The highest BCUT2D eigenvalue weighted by molar-refractivity contribution is 7.99. The van der Waals surface area contributed by atoms with E-state index in [0.29, 0.717) is 17.3 Å². The van der Waals surface area contributed by atoms with E-state index in [1.165, 1.54) is 18.1 Å². The molecule has 0 fully saturated rings. The van der Waals surface area contributed by atoms with Gasteiger partial charge in [-0.1, -0.05) is 0 Å². The van der Waals surface area contributed by atoms with Crippen LogP contribution in [0.15, 0.2) is 28.8 Å². The molecule has 3 aromatic rings. The summed E-state index contributed by atoms with van der Waals surface area (Å²) in [5.41, 5.74) is 3.92. The van der Waals surface area contributed by atoms with E-state index in [2.05, 4.69) is 35.3 Å². The normalized spacial score (nSPS) is 10.8. The first-order valence-corrected chi connectivity index (χ1v) is 6.22. The summed E-state index contributed by atoms with van der Waals surface area (Å²) in [5, 5.41) is 1.50. The van der Waals surface area contributed by atoms with Gasteiger partial charge in [0.1, 0.15) is 33.5 Å². The minimum atomic E-state index is 0.560. The molecular formula is C10H10N8S. The van der Waals surface area contributed by atoms with E-state index >= 15 is 0 Å². The Morgan fingerprint density at radius 3 is 3.00 bits per heavy atom. The summed E-state index contributed by atoms with van der Waals surface area (Å²) in [6.45, 7) is 1.80. The van der Waals surface area contributed by atoms with Crippen LogP contribution in [0.5, 0.6) is 0 Å². The second-order valence-electron chi connectivity index (χ2n) is 3.67. The van der Waals surface area contributed by atoms with Crippen LogP contribution in [-0.2, 0) is 0 Å². The minimum absolute atomic E-state index is 0.560. The van der Waals surface area contributed by atoms with Gasteiger partial charge in [-0.25, -0.2) is 30.8 Å². The lowest BCUT2D eigenvalue weighted by atomic mass is 10.5. The third-order valence-corrected chi connectivity index (χ3v) is 3.27. The summed E-state index contributed by atoms with van der Waals surface area (Å²) >= 11 is 1.40. The number of fused-ring (bicyclic) bond motifs is 1. The van der Waals surface area contributed by atoms with E-state index in [-0.39, 0.29) is 0 Å². The molecule has 4 N–H and O–H groups in total. The highest BCUT2D eigenvalue weighted by atomic mass is 32.2. The highest BCUT2D eigenvalue weighted by Gasteiger charge is 2.09. The molecule has 0 spiro atoms. The van der Waals surface area contributed by atoms with Crippen molar-refractivity contribution in [3.63, 3.8) is 0 Å². The van der Waals surface area contributed by atoms with E-state index in [1.54, 1.807) is 19.3 Å². The van der Waals surface area contributed by atoms with Crippen molar-refractivity contribution in [3.8, 4) is 0 Å². The number of nitrogen functional groups attached to an aromatic ring is 1. The average molecular weight is 274 g/mol. The molecule has 9 heteroatoms. The monoisotopic (exact) mass is 274 g/mol. The molecule has 3 aromatic heterocycles. The Balaban J connectivity index is 2.01. The summed E-state index contributed by atoms with van der Waals surface area (Å²) in [7, 11) is 0. The predicted octanol–water partition coefficient (Wildman–Crippen LogP) is 0.888. The summed E-state index contributed by atoms with van der Waals surface area (Å²) in [4.78, 5) is 23.9. The van der Waals surface area contributed by atoms with Gasteiger partial charge in [0.2, 0.25) is 0 Å². The molecule has 0 aromatic carbocycles. The summed E-state index contributed by atoms with van der Waals surface area (Å²) in [6.07, 6.45) is 3.06. The quantitative estimate of drug-likeness (QED) is 0.366. The molecule has 0 radical (unpaired) electrons. The number of nitrogens with zero attached hydrogens (tertiary/aromatic N) is 5. The zero-order chi connectivity index (χ0) is 13.2. The third kappa shape index (κ3) is 2.33. The van der Waals surface area contributed by atoms with Crippen LogP contribution in [0.3, 0.4) is 0 Å². The fourth-order valence-corrected chi connectivity index (χ4v) is 2.48. The van der Waals surface area contributed by atoms with Crippen LogP contribution in [-0.4, -0.2) is 29.9 Å². The molecule has 0 unspecified atom stereocenters. The van der Waals surface area contributed by atoms with Crippen molar-refractivity contribution >= 4 is 28.7 Å². The van der Waals surface area contributed by atoms with E-state index in [9.17, 15) is 0 Å². The van der Waals surface area contributed by atoms with Gasteiger partial charge in [0.15, 0.2) is 5.65 Å². The Morgan fingerprint density at radius 1 is 1.26 bits per heavy atom. The zero-order valence-corrected chi connectivity index (χ0v) is 10.8. The fraction of sp³-hybridized carbons (Fsp3) is 0.100. The van der Waals surface area contributed by atoms with Gasteiger partial charge in [0.25, 0.3) is 0 Å². The number of hydrogen-bond acceptors (Lipinski definition) is 8. The molecule has 0 atom stereocenters. The first-order chi connectivity index (χ1) is 9.26. The molecule has 0 aliphatic heterocycles. The van der Waals surface area contributed by atoms with Crippen molar-refractivity contribution in [1.82, 2.24) is 29.9 Å². The lowest BCUT2D eigenvalue weighted by molar-refractivity contribution is 0.960. The molecule has 0 aliphatic carbocycles. The maximum atomic E-state index is 5.36. The van der Waals surface area contributed by atoms with Crippen molar-refractivity contribution in [2.75, 3.05) is 5.43 Å². The van der Waals surface area contributed by atoms with Gasteiger partial charge in [-0.2, -0.15) is 0 Å². The second-order valence-corrected chi connectivity index (χ2v) is 4.67. The molecule has 19 heavy (non-hydrogen) atoms. The van der Waals surface area contributed by atoms with Gasteiger partial charge in [0.05, 0.1) is 6.33 Å². The van der Waals surface area contributed by atoms with Gasteiger partial charge in [-0.05, 0) is 18.7 Å². The molecule has 0 amide bonds. The molecule has 0 saturated carbocycles. The molecular weight excluding hydrogens is 264 g/mol. The summed E-state index contributed by atoms with van der Waals surface area (Å²) in [6, 6.07) is 1.75. The maximum absolute atomic E-state index is 5.36. The van der Waals surface area contributed by atoms with Gasteiger partial charge in [-0.3, -0.25) is 0 Å². The molecule has 3 rings (SSSR count). The van der Waals surface area contributed by atoms with E-state index in [0.717, 1.165) is 15.6 Å². The van der Waals surface area contributed by atoms with Crippen LogP contribution in [0, 0.1) is 6.92 Å². The number of imidazole rings is 1. The molecule has 3 heterocycles. The Bertz CT molecular complexity index is 724. The van der Waals surface area contributed by atoms with Crippen LogP contribution in [0.4, 0.5) is 5.82 Å². The van der Waals surface area contributed by atoms with Gasteiger partial charge in [-0.15, -0.1) is 0 Å². The SMILES string of the molecule is Cc1nc(NN)cc(Sc2ncnc3nc[nH]c23)n1. The lowest BCUT2D eigenvalue weighted by Gasteiger charge is -2.04. The van der Waals surface area contributed by atoms with Crippen molar-refractivity contribution in [1.29, 1.82) is 0 Å². The summed E-state index contributed by atoms with van der Waals surface area (Å²) in [5.74, 6) is 6.56. The average Bonchev–Trinajstić information content (AvgIpc) is 2.87. The Labute approximate surface area is 112 Å². The minimum Gasteiger partial charge on any atom is -0.341 e. The van der Waals surface area contributed by atoms with Gasteiger partial charge < -0.3 is 10.4 Å². The Kier molecular flexibility index (Phi) is 2.97. The molecule has 0 saturated heterocycles. The predicted molar refractivity (Wildman–Crippen MR) is 70.4 cm³/mol. The largest absolute Gasteiger partial charge is 0.341 e. The van der Waals surface area contributed by atoms with Crippen LogP contribution >= 0.6 is 11.8 Å². The van der Waals surface area contributed by atoms with E-state index in [4.69, 9.17) is 5.84 Å². The number of anilines is 1. The standard InChI is InChI=1S/C10H10N8S/c1-5-16-6(18-11)2-7(17-5)19-10-8-9(13-3-12-8)14-4-15-10/h2-4H,11H2,1H3,(H,16,17,18)(H,12,13,14,15). The van der Waals surface area contributed by atoms with Crippen molar-refractivity contribution in [2.24, 2.45) is 5.84 Å². The second kappa shape index (κ2) is 4.78. The number of H-pyrrole nitrogens is 1. The first kappa shape index (κ1) is 11.8. The smallest absolute Gasteiger partial charge is 0.181 e. The number of aromatic amines is 1. The lowest BCUT2D eigenvalue weighted by Crippen LogP contribution is -2.09. The molecule has 96 valence electrons. The van der Waals surface area contributed by atoms with E-state index < -0.39 is 0 Å². The van der Waals surface area contributed by atoms with Crippen molar-refractivity contribution < 1.29 is 0 Å². The number of hydrogen-bond donors (Lipinski definition) is 3. The Morgan fingerprint density at radius 2 is 2.16 bits per heavy atom. The fourth-order valence-electron chi connectivity index (χ4n) is 1.59. The van der Waals surface area contributed by atoms with Crippen LogP contribution < -0.4 is 11.3 Å². The van der Waals surface area contributed by atoms with Crippen LogP contribution in [0.25, 0.3) is 11.2 Å². The highest BCUT2D eigenvalue weighted by Crippen LogP contribution is 2.29. The third-order valence-electron chi connectivity index (χ3n) is 2.35. The molecule has 0 bridgehead atoms. The van der Waals surface area contributed by atoms with Gasteiger partial charge >= 0.3 is 0 Å². The first-order valence-electron chi connectivity index (χ1n) is 5.40. The van der Waals surface area contributed by atoms with Crippen molar-refractivity contribution in [2.45, 2.75) is 17.0 Å². The number of nitrogens with two attached hydrogens (primary N) is 1. The van der Waals surface area contributed by atoms with E-state index in [1.807, 2.05) is 0 Å². The molecule has 8 nitrogen and oxygen atoms in total. The van der Waals surface area contributed by atoms with Crippen molar-refractivity contribution in [3.05, 3.63) is 24.5 Å². The number of rotatable bonds is 3. The number of aryl methyl sites for hydroxylation is 1. The Hall–Kier alpha value is -2.26. The molecule has 0 aliphatic rings. The van der Waals surface area contributed by atoms with Gasteiger partial charge in [0, 0.05) is 6.07 Å². The number of aromatic nitrogens is 6. The summed E-state index contributed by atoms with van der Waals surface area (Å²) < 4.78 is 0. The van der Waals surface area contributed by atoms with Crippen LogP contribution in [0.1, 0.15) is 5.82 Å². The maximum Gasteiger partial charge on any atom is 0.181 e. The van der Waals surface area contributed by atoms with Crippen LogP contribution in [0.2, 0.25) is 0 Å². The zero-order valence-electron chi connectivity index (χ0n) is 9.95.